The van der Waals surface area contributed by atoms with E-state index in [0.717, 1.165) is 24.8 Å². The summed E-state index contributed by atoms with van der Waals surface area (Å²) in [5, 5.41) is 0. The van der Waals surface area contributed by atoms with Crippen LogP contribution in [0.5, 0.6) is 5.75 Å². The minimum Gasteiger partial charge on any atom is -0.488 e. The van der Waals surface area contributed by atoms with Gasteiger partial charge in [0.05, 0.1) is 13.1 Å². The van der Waals surface area contributed by atoms with Crippen LogP contribution >= 0.6 is 0 Å². The maximum absolute atomic E-state index is 5.91. The molecule has 1 fully saturated rings. The molecule has 0 amide bonds. The number of piperidine rings is 1. The fourth-order valence-electron chi connectivity index (χ4n) is 3.85. The summed E-state index contributed by atoms with van der Waals surface area (Å²) in [6, 6.07) is 19.3. The topological polar surface area (TPSA) is 13.7 Å². The van der Waals surface area contributed by atoms with Gasteiger partial charge in [0.1, 0.15) is 18.9 Å². The van der Waals surface area contributed by atoms with Gasteiger partial charge in [-0.25, -0.2) is 0 Å². The zero-order valence-corrected chi connectivity index (χ0v) is 15.0. The molecule has 1 saturated heterocycles. The molecule has 128 valence electrons. The highest BCUT2D eigenvalue weighted by molar-refractivity contribution is 5.27. The average molecular weight is 324 g/mol. The first-order valence-corrected chi connectivity index (χ1v) is 9.30. The number of ether oxygens (including phenoxy) is 1. The quantitative estimate of drug-likeness (QED) is 0.859. The summed E-state index contributed by atoms with van der Waals surface area (Å²) >= 11 is 0. The van der Waals surface area contributed by atoms with Gasteiger partial charge in [-0.2, -0.15) is 0 Å². The Hall–Kier alpha value is -1.80. The molecule has 1 aliphatic rings. The number of aryl methyl sites for hydroxylation is 1. The van der Waals surface area contributed by atoms with E-state index in [4.69, 9.17) is 4.74 Å². The molecule has 0 bridgehead atoms. The molecule has 2 nitrogen and oxygen atoms in total. The predicted molar refractivity (Wildman–Crippen MR) is 99.8 cm³/mol. The molecule has 2 heteroatoms. The average Bonchev–Trinajstić information content (AvgIpc) is 2.63. The highest BCUT2D eigenvalue weighted by Gasteiger charge is 2.26. The lowest BCUT2D eigenvalue weighted by Crippen LogP contribution is -3.13. The van der Waals surface area contributed by atoms with Crippen LogP contribution in [0.25, 0.3) is 0 Å². The van der Waals surface area contributed by atoms with Crippen molar-refractivity contribution >= 4 is 0 Å². The van der Waals surface area contributed by atoms with Crippen molar-refractivity contribution < 1.29 is 9.64 Å². The Labute approximate surface area is 146 Å². The van der Waals surface area contributed by atoms with Crippen molar-refractivity contribution in [3.05, 3.63) is 65.7 Å². The van der Waals surface area contributed by atoms with Crippen molar-refractivity contribution in [2.45, 2.75) is 32.6 Å². The second-order valence-electron chi connectivity index (χ2n) is 7.20. The Balaban J connectivity index is 1.41. The number of quaternary nitrogens is 1. The maximum Gasteiger partial charge on any atom is 0.137 e. The van der Waals surface area contributed by atoms with Crippen LogP contribution in [0.1, 0.15) is 36.8 Å². The van der Waals surface area contributed by atoms with Crippen LogP contribution in [0.3, 0.4) is 0 Å². The van der Waals surface area contributed by atoms with E-state index < -0.39 is 0 Å². The number of rotatable bonds is 6. The third-order valence-electron chi connectivity index (χ3n) is 5.48. The molecule has 1 heterocycles. The van der Waals surface area contributed by atoms with Gasteiger partial charge in [0.2, 0.25) is 0 Å². The van der Waals surface area contributed by atoms with Gasteiger partial charge in [0.15, 0.2) is 0 Å². The summed E-state index contributed by atoms with van der Waals surface area (Å²) in [4.78, 5) is 1.69. The number of nitrogens with one attached hydrogen (secondary N) is 1. The normalized spacial score (nSPS) is 22.1. The van der Waals surface area contributed by atoms with Crippen molar-refractivity contribution in [1.29, 1.82) is 0 Å². The van der Waals surface area contributed by atoms with E-state index >= 15 is 0 Å². The fraction of sp³-hybridized carbons (Fsp3) is 0.455. The molecule has 3 rings (SSSR count). The van der Waals surface area contributed by atoms with Crippen LogP contribution in [0.4, 0.5) is 0 Å². The Kier molecular flexibility index (Phi) is 5.92. The summed E-state index contributed by atoms with van der Waals surface area (Å²) in [5.74, 6) is 2.51. The highest BCUT2D eigenvalue weighted by Crippen LogP contribution is 2.29. The molecule has 0 spiro atoms. The predicted octanol–water partition coefficient (Wildman–Crippen LogP) is 3.47. The summed E-state index contributed by atoms with van der Waals surface area (Å²) in [7, 11) is 0. The van der Waals surface area contributed by atoms with Gasteiger partial charge in [-0.15, -0.1) is 0 Å². The first kappa shape index (κ1) is 17.0. The van der Waals surface area contributed by atoms with Gasteiger partial charge >= 0.3 is 0 Å². The van der Waals surface area contributed by atoms with Crippen LogP contribution in [0.2, 0.25) is 0 Å². The summed E-state index contributed by atoms with van der Waals surface area (Å²) in [6.45, 7) is 8.98. The number of likely N-dealkylation sites (tertiary alicyclic amines) is 1. The number of hydrogen-bond donors (Lipinski definition) is 1. The SMILES string of the molecule is Cc1cccc(OCC[NH+]2CCC(C(C)c3ccccc3)CC2)c1. The molecule has 0 saturated carbocycles. The Morgan fingerprint density at radius 2 is 1.79 bits per heavy atom. The molecule has 0 aromatic heterocycles. The van der Waals surface area contributed by atoms with Crippen molar-refractivity contribution in [2.75, 3.05) is 26.2 Å². The lowest BCUT2D eigenvalue weighted by atomic mass is 9.81. The molecular weight excluding hydrogens is 294 g/mol. The lowest BCUT2D eigenvalue weighted by molar-refractivity contribution is -0.906. The minimum absolute atomic E-state index is 0.677. The van der Waals surface area contributed by atoms with Crippen molar-refractivity contribution in [2.24, 2.45) is 5.92 Å². The lowest BCUT2D eigenvalue weighted by Gasteiger charge is -2.32. The monoisotopic (exact) mass is 324 g/mol. The zero-order valence-electron chi connectivity index (χ0n) is 15.0. The van der Waals surface area contributed by atoms with Crippen molar-refractivity contribution in [3.8, 4) is 5.75 Å². The van der Waals surface area contributed by atoms with Crippen molar-refractivity contribution in [1.82, 2.24) is 0 Å². The van der Waals surface area contributed by atoms with Crippen LogP contribution in [0.15, 0.2) is 54.6 Å². The zero-order chi connectivity index (χ0) is 16.8. The van der Waals surface area contributed by atoms with Crippen LogP contribution < -0.4 is 9.64 Å². The molecule has 1 unspecified atom stereocenters. The molecule has 1 aliphatic heterocycles. The third-order valence-corrected chi connectivity index (χ3v) is 5.48. The molecule has 24 heavy (non-hydrogen) atoms. The second kappa shape index (κ2) is 8.34. The van der Waals surface area contributed by atoms with Gasteiger partial charge in [0.25, 0.3) is 0 Å². The molecule has 1 N–H and O–H groups in total. The number of hydrogen-bond acceptors (Lipinski definition) is 1. The Morgan fingerprint density at radius 3 is 2.50 bits per heavy atom. The molecule has 2 aromatic rings. The summed E-state index contributed by atoms with van der Waals surface area (Å²) in [6.07, 6.45) is 2.66. The van der Waals surface area contributed by atoms with Crippen molar-refractivity contribution in [3.63, 3.8) is 0 Å². The van der Waals surface area contributed by atoms with Crippen LogP contribution in [0, 0.1) is 12.8 Å². The number of benzene rings is 2. The van der Waals surface area contributed by atoms with E-state index in [1.807, 2.05) is 0 Å². The van der Waals surface area contributed by atoms with E-state index in [1.165, 1.54) is 37.1 Å². The van der Waals surface area contributed by atoms with E-state index in [2.05, 4.69) is 68.4 Å². The second-order valence-corrected chi connectivity index (χ2v) is 7.20. The Bertz CT molecular complexity index is 617. The Morgan fingerprint density at radius 1 is 1.04 bits per heavy atom. The fourth-order valence-corrected chi connectivity index (χ4v) is 3.85. The largest absolute Gasteiger partial charge is 0.488 e. The standard InChI is InChI=1S/C22H29NO/c1-18-7-6-10-22(17-18)24-16-15-23-13-11-21(12-14-23)19(2)20-8-4-3-5-9-20/h3-10,17,19,21H,11-16H2,1-2H3/p+1. The van der Waals surface area contributed by atoms with E-state index in [-0.39, 0.29) is 0 Å². The van der Waals surface area contributed by atoms with Gasteiger partial charge in [-0.1, -0.05) is 49.4 Å². The highest BCUT2D eigenvalue weighted by atomic mass is 16.5. The van der Waals surface area contributed by atoms with Gasteiger partial charge in [0, 0.05) is 12.8 Å². The molecule has 0 aliphatic carbocycles. The first-order chi connectivity index (χ1) is 11.7. The van der Waals surface area contributed by atoms with Gasteiger partial charge in [-0.05, 0) is 42.0 Å². The van der Waals surface area contributed by atoms with E-state index in [1.54, 1.807) is 4.90 Å². The molecule has 1 atom stereocenters. The van der Waals surface area contributed by atoms with Gasteiger partial charge < -0.3 is 9.64 Å². The maximum atomic E-state index is 5.91. The van der Waals surface area contributed by atoms with E-state index in [9.17, 15) is 0 Å². The molecule has 2 aromatic carbocycles. The summed E-state index contributed by atoms with van der Waals surface area (Å²) < 4.78 is 5.91. The van der Waals surface area contributed by atoms with E-state index in [0.29, 0.717) is 5.92 Å². The first-order valence-electron chi connectivity index (χ1n) is 9.30. The van der Waals surface area contributed by atoms with Crippen LogP contribution in [-0.2, 0) is 0 Å². The molecule has 0 radical (unpaired) electrons. The van der Waals surface area contributed by atoms with Crippen LogP contribution in [-0.4, -0.2) is 26.2 Å². The summed E-state index contributed by atoms with van der Waals surface area (Å²) in [5.41, 5.74) is 2.75. The smallest absolute Gasteiger partial charge is 0.137 e. The van der Waals surface area contributed by atoms with Gasteiger partial charge in [-0.3, -0.25) is 0 Å². The molecular formula is C22H30NO+. The third kappa shape index (κ3) is 4.61. The minimum atomic E-state index is 0.677.